The summed E-state index contributed by atoms with van der Waals surface area (Å²) in [6.07, 6.45) is 1.50. The van der Waals surface area contributed by atoms with Crippen LogP contribution in [0.4, 0.5) is 4.39 Å². The lowest BCUT2D eigenvalue weighted by atomic mass is 10.1. The largest absolute Gasteiger partial charge is 0.352 e. The van der Waals surface area contributed by atoms with Crippen LogP contribution in [0, 0.1) is 0 Å². The molecule has 2 rings (SSSR count). The first kappa shape index (κ1) is 17.3. The van der Waals surface area contributed by atoms with E-state index in [4.69, 9.17) is 0 Å². The Balaban J connectivity index is 1.74. The number of amides is 2. The second kappa shape index (κ2) is 9.19. The summed E-state index contributed by atoms with van der Waals surface area (Å²) in [7, 11) is 0. The van der Waals surface area contributed by atoms with E-state index in [9.17, 15) is 14.0 Å². The second-order valence-electron chi connectivity index (χ2n) is 5.00. The molecule has 2 N–H and O–H groups in total. The van der Waals surface area contributed by atoms with Gasteiger partial charge in [0, 0.05) is 24.1 Å². The summed E-state index contributed by atoms with van der Waals surface area (Å²) in [5, 5.41) is 6.46. The number of hydrazone groups is 1. The van der Waals surface area contributed by atoms with Gasteiger partial charge in [0.1, 0.15) is 6.67 Å². The Labute approximate surface area is 139 Å². The number of rotatable bonds is 7. The molecule has 0 radical (unpaired) electrons. The molecular weight excluding hydrogens is 309 g/mol. The SMILES string of the molecule is O=C(CCNC(=O)c1ccccc1)N/N=C\c1ccccc1CF. The van der Waals surface area contributed by atoms with Gasteiger partial charge in [0.25, 0.3) is 5.91 Å². The van der Waals surface area contributed by atoms with Gasteiger partial charge in [0.15, 0.2) is 0 Å². The van der Waals surface area contributed by atoms with Crippen LogP contribution in [0.3, 0.4) is 0 Å². The molecule has 0 aliphatic carbocycles. The summed E-state index contributed by atoms with van der Waals surface area (Å²) < 4.78 is 12.8. The summed E-state index contributed by atoms with van der Waals surface area (Å²) in [4.78, 5) is 23.4. The van der Waals surface area contributed by atoms with Gasteiger partial charge < -0.3 is 5.32 Å². The van der Waals surface area contributed by atoms with E-state index in [1.807, 2.05) is 6.07 Å². The van der Waals surface area contributed by atoms with Crippen LogP contribution in [0.25, 0.3) is 0 Å². The molecule has 0 spiro atoms. The van der Waals surface area contributed by atoms with Crippen LogP contribution in [-0.2, 0) is 11.5 Å². The van der Waals surface area contributed by atoms with Crippen molar-refractivity contribution in [3.63, 3.8) is 0 Å². The predicted octanol–water partition coefficient (Wildman–Crippen LogP) is 2.43. The molecule has 0 heterocycles. The van der Waals surface area contributed by atoms with Crippen molar-refractivity contribution in [1.82, 2.24) is 10.7 Å². The van der Waals surface area contributed by atoms with Crippen molar-refractivity contribution in [2.75, 3.05) is 6.54 Å². The summed E-state index contributed by atoms with van der Waals surface area (Å²) in [6.45, 7) is -0.391. The molecule has 2 amide bonds. The van der Waals surface area contributed by atoms with E-state index >= 15 is 0 Å². The lowest BCUT2D eigenvalue weighted by Gasteiger charge is -2.04. The lowest BCUT2D eigenvalue weighted by molar-refractivity contribution is -0.120. The molecule has 0 unspecified atom stereocenters. The highest BCUT2D eigenvalue weighted by Crippen LogP contribution is 2.07. The van der Waals surface area contributed by atoms with Gasteiger partial charge in [-0.05, 0) is 17.7 Å². The van der Waals surface area contributed by atoms with Gasteiger partial charge in [0.05, 0.1) is 6.21 Å². The normalized spacial score (nSPS) is 10.5. The van der Waals surface area contributed by atoms with Crippen LogP contribution in [-0.4, -0.2) is 24.6 Å². The van der Waals surface area contributed by atoms with Gasteiger partial charge in [-0.2, -0.15) is 5.10 Å². The molecule has 2 aromatic rings. The molecule has 0 atom stereocenters. The minimum atomic E-state index is -0.596. The van der Waals surface area contributed by atoms with Crippen LogP contribution in [0.2, 0.25) is 0 Å². The standard InChI is InChI=1S/C18H18FN3O2/c19-12-15-8-4-5-9-16(15)13-21-22-17(23)10-11-20-18(24)14-6-2-1-3-7-14/h1-9,13H,10-12H2,(H,20,24)(H,22,23)/b21-13-. The van der Waals surface area contributed by atoms with Crippen molar-refractivity contribution in [2.24, 2.45) is 5.10 Å². The predicted molar refractivity (Wildman–Crippen MR) is 90.4 cm³/mol. The molecule has 0 fully saturated rings. The zero-order valence-electron chi connectivity index (χ0n) is 13.0. The van der Waals surface area contributed by atoms with Crippen molar-refractivity contribution in [1.29, 1.82) is 0 Å². The van der Waals surface area contributed by atoms with Crippen LogP contribution in [0.1, 0.15) is 27.9 Å². The van der Waals surface area contributed by atoms with Crippen molar-refractivity contribution < 1.29 is 14.0 Å². The van der Waals surface area contributed by atoms with Crippen LogP contribution < -0.4 is 10.7 Å². The zero-order chi connectivity index (χ0) is 17.2. The van der Waals surface area contributed by atoms with Gasteiger partial charge in [-0.15, -0.1) is 0 Å². The molecule has 24 heavy (non-hydrogen) atoms. The van der Waals surface area contributed by atoms with E-state index in [1.165, 1.54) is 6.21 Å². The maximum absolute atomic E-state index is 12.8. The second-order valence-corrected chi connectivity index (χ2v) is 5.00. The molecule has 6 heteroatoms. The van der Waals surface area contributed by atoms with E-state index in [0.717, 1.165) is 0 Å². The number of nitrogens with one attached hydrogen (secondary N) is 2. The molecule has 0 aromatic heterocycles. The van der Waals surface area contributed by atoms with E-state index in [1.54, 1.807) is 48.5 Å². The average Bonchev–Trinajstić information content (AvgIpc) is 2.62. The fourth-order valence-corrected chi connectivity index (χ4v) is 1.99. The Hall–Kier alpha value is -3.02. The van der Waals surface area contributed by atoms with Gasteiger partial charge in [-0.25, -0.2) is 9.82 Å². The Kier molecular flexibility index (Phi) is 6.64. The Morgan fingerprint density at radius 2 is 1.75 bits per heavy atom. The van der Waals surface area contributed by atoms with Crippen LogP contribution >= 0.6 is 0 Å². The van der Waals surface area contributed by atoms with E-state index < -0.39 is 6.67 Å². The van der Waals surface area contributed by atoms with Gasteiger partial charge in [-0.1, -0.05) is 42.5 Å². The van der Waals surface area contributed by atoms with Crippen molar-refractivity contribution in [2.45, 2.75) is 13.1 Å². The Bertz CT molecular complexity index is 717. The van der Waals surface area contributed by atoms with Crippen molar-refractivity contribution in [3.8, 4) is 0 Å². The molecule has 0 saturated heterocycles. The fraction of sp³-hybridized carbons (Fsp3) is 0.167. The fourth-order valence-electron chi connectivity index (χ4n) is 1.99. The van der Waals surface area contributed by atoms with E-state index in [-0.39, 0.29) is 24.8 Å². The number of alkyl halides is 1. The first-order chi connectivity index (χ1) is 11.7. The number of nitrogens with zero attached hydrogens (tertiary/aromatic N) is 1. The maximum atomic E-state index is 12.8. The first-order valence-corrected chi connectivity index (χ1v) is 7.49. The van der Waals surface area contributed by atoms with Crippen LogP contribution in [0.15, 0.2) is 59.7 Å². The molecule has 124 valence electrons. The molecule has 0 saturated carbocycles. The average molecular weight is 327 g/mol. The monoisotopic (exact) mass is 327 g/mol. The number of hydrogen-bond acceptors (Lipinski definition) is 3. The van der Waals surface area contributed by atoms with Crippen molar-refractivity contribution in [3.05, 3.63) is 71.3 Å². The minimum absolute atomic E-state index is 0.0979. The summed E-state index contributed by atoms with van der Waals surface area (Å²) in [5.41, 5.74) is 4.01. The molecule has 0 bridgehead atoms. The number of carbonyl (C=O) groups is 2. The smallest absolute Gasteiger partial charge is 0.251 e. The summed E-state index contributed by atoms with van der Waals surface area (Å²) in [6, 6.07) is 15.6. The number of hydrogen-bond donors (Lipinski definition) is 2. The first-order valence-electron chi connectivity index (χ1n) is 7.49. The number of carbonyl (C=O) groups excluding carboxylic acids is 2. The van der Waals surface area contributed by atoms with Crippen LogP contribution in [0.5, 0.6) is 0 Å². The van der Waals surface area contributed by atoms with Gasteiger partial charge >= 0.3 is 0 Å². The molecule has 2 aromatic carbocycles. The highest BCUT2D eigenvalue weighted by Gasteiger charge is 2.05. The number of halogens is 1. The topological polar surface area (TPSA) is 70.6 Å². The quantitative estimate of drug-likeness (QED) is 0.606. The molecule has 0 aliphatic rings. The Morgan fingerprint density at radius 1 is 1.04 bits per heavy atom. The number of benzene rings is 2. The van der Waals surface area contributed by atoms with E-state index in [2.05, 4.69) is 15.8 Å². The highest BCUT2D eigenvalue weighted by atomic mass is 19.1. The highest BCUT2D eigenvalue weighted by molar-refractivity contribution is 5.94. The Morgan fingerprint density at radius 3 is 2.50 bits per heavy atom. The maximum Gasteiger partial charge on any atom is 0.251 e. The molecule has 0 aliphatic heterocycles. The third-order valence-corrected chi connectivity index (χ3v) is 3.27. The minimum Gasteiger partial charge on any atom is -0.352 e. The molecule has 5 nitrogen and oxygen atoms in total. The van der Waals surface area contributed by atoms with E-state index in [0.29, 0.717) is 16.7 Å². The lowest BCUT2D eigenvalue weighted by Crippen LogP contribution is -2.28. The van der Waals surface area contributed by atoms with Gasteiger partial charge in [0.2, 0.25) is 5.91 Å². The zero-order valence-corrected chi connectivity index (χ0v) is 13.0. The third-order valence-electron chi connectivity index (χ3n) is 3.27. The van der Waals surface area contributed by atoms with Gasteiger partial charge in [-0.3, -0.25) is 9.59 Å². The summed E-state index contributed by atoms with van der Waals surface area (Å²) in [5.74, 6) is -0.568. The third kappa shape index (κ3) is 5.31. The summed E-state index contributed by atoms with van der Waals surface area (Å²) >= 11 is 0. The molecular formula is C18H18FN3O2. The van der Waals surface area contributed by atoms with Crippen molar-refractivity contribution >= 4 is 18.0 Å².